The van der Waals surface area contributed by atoms with Gasteiger partial charge in [-0.3, -0.25) is 14.6 Å². The second-order valence-electron chi connectivity index (χ2n) is 6.89. The van der Waals surface area contributed by atoms with Crippen LogP contribution in [0.15, 0.2) is 46.4 Å². The number of aromatic nitrogens is 2. The number of ether oxygens (including phenoxy) is 2. The Balaban J connectivity index is 2.21. The number of rotatable bonds is 6. The highest BCUT2D eigenvalue weighted by Gasteiger charge is 2.52. The number of esters is 2. The van der Waals surface area contributed by atoms with Crippen LogP contribution in [0.2, 0.25) is 0 Å². The monoisotopic (exact) mass is 412 g/mol. The van der Waals surface area contributed by atoms with Crippen LogP contribution in [0.5, 0.6) is 0 Å². The van der Waals surface area contributed by atoms with Crippen LogP contribution in [-0.4, -0.2) is 47.7 Å². The van der Waals surface area contributed by atoms with Crippen LogP contribution in [-0.2, 0) is 31.0 Å². The predicted molar refractivity (Wildman–Crippen MR) is 110 cm³/mol. The van der Waals surface area contributed by atoms with Crippen molar-refractivity contribution in [3.05, 3.63) is 58.0 Å². The maximum atomic E-state index is 13.5. The third-order valence-corrected chi connectivity index (χ3v) is 4.92. The molecule has 0 amide bonds. The average Bonchev–Trinajstić information content (AvgIpc) is 2.73. The van der Waals surface area contributed by atoms with Crippen molar-refractivity contribution < 1.29 is 19.1 Å². The molecule has 1 atom stereocenters. The summed E-state index contributed by atoms with van der Waals surface area (Å²) >= 11 is 0. The molecule has 3 rings (SSSR count). The van der Waals surface area contributed by atoms with Gasteiger partial charge in [0.1, 0.15) is 5.41 Å². The van der Waals surface area contributed by atoms with E-state index in [9.17, 15) is 14.4 Å². The number of hydrogen-bond donors (Lipinski definition) is 0. The molecule has 1 aliphatic heterocycles. The van der Waals surface area contributed by atoms with E-state index in [0.29, 0.717) is 5.69 Å². The van der Waals surface area contributed by atoms with Gasteiger partial charge in [0, 0.05) is 7.05 Å². The van der Waals surface area contributed by atoms with Crippen LogP contribution in [0, 0.1) is 0 Å². The molecule has 0 N–H and O–H groups in total. The fraction of sp³-hybridized carbons (Fsp3) is 0.381. The lowest BCUT2D eigenvalue weighted by Gasteiger charge is -2.35. The number of hydrazone groups is 1. The zero-order valence-electron chi connectivity index (χ0n) is 17.4. The number of carbonyl (C=O) groups excluding carboxylic acids is 2. The van der Waals surface area contributed by atoms with Gasteiger partial charge in [-0.1, -0.05) is 30.3 Å². The van der Waals surface area contributed by atoms with Gasteiger partial charge in [-0.2, -0.15) is 10.2 Å². The molecule has 0 fully saturated rings. The summed E-state index contributed by atoms with van der Waals surface area (Å²) in [5.74, 6) is -1.53. The Morgan fingerprint density at radius 3 is 2.40 bits per heavy atom. The zero-order valence-corrected chi connectivity index (χ0v) is 17.4. The van der Waals surface area contributed by atoms with Crippen LogP contribution in [0.1, 0.15) is 31.9 Å². The van der Waals surface area contributed by atoms with Crippen molar-refractivity contribution in [3.63, 3.8) is 0 Å². The molecule has 2 heterocycles. The highest BCUT2D eigenvalue weighted by molar-refractivity contribution is 6.45. The highest BCUT2D eigenvalue weighted by atomic mass is 16.5. The third-order valence-electron chi connectivity index (χ3n) is 4.92. The predicted octanol–water partition coefficient (Wildman–Crippen LogP) is 1.48. The molecule has 0 spiro atoms. The maximum absolute atomic E-state index is 13.5. The number of benzene rings is 1. The average molecular weight is 412 g/mol. The van der Waals surface area contributed by atoms with E-state index in [4.69, 9.17) is 9.47 Å². The Morgan fingerprint density at radius 1 is 1.10 bits per heavy atom. The first-order valence-corrected chi connectivity index (χ1v) is 9.66. The number of anilines is 1. The van der Waals surface area contributed by atoms with E-state index in [0.717, 1.165) is 5.56 Å². The Bertz CT molecular complexity index is 1050. The van der Waals surface area contributed by atoms with Gasteiger partial charge in [-0.25, -0.2) is 9.48 Å². The van der Waals surface area contributed by atoms with Gasteiger partial charge in [0.25, 0.3) is 5.56 Å². The zero-order chi connectivity index (χ0) is 21.9. The topological polar surface area (TPSA) is 103 Å². The number of carbonyl (C=O) groups is 2. The lowest BCUT2D eigenvalue weighted by molar-refractivity contribution is -0.148. The number of fused-ring (bicyclic) bond motifs is 1. The van der Waals surface area contributed by atoms with Gasteiger partial charge in [0.05, 0.1) is 37.2 Å². The molecule has 9 heteroatoms. The number of hydrogen-bond acceptors (Lipinski definition) is 8. The molecule has 0 bridgehead atoms. The summed E-state index contributed by atoms with van der Waals surface area (Å²) in [5.41, 5.74) is -1.17. The smallest absolute Gasteiger partial charge is 0.356 e. The van der Waals surface area contributed by atoms with Gasteiger partial charge in [0.2, 0.25) is 0 Å². The summed E-state index contributed by atoms with van der Waals surface area (Å²) in [4.78, 5) is 39.2. The molecule has 0 radical (unpaired) electrons. The molecule has 30 heavy (non-hydrogen) atoms. The van der Waals surface area contributed by atoms with E-state index < -0.39 is 22.9 Å². The summed E-state index contributed by atoms with van der Waals surface area (Å²) in [6.45, 7) is 5.15. The molecule has 0 saturated carbocycles. The largest absolute Gasteiger partial charge is 0.465 e. The van der Waals surface area contributed by atoms with E-state index >= 15 is 0 Å². The highest BCUT2D eigenvalue weighted by Crippen LogP contribution is 2.36. The number of nitrogens with zero attached hydrogens (tertiary/aromatic N) is 4. The molecule has 1 unspecified atom stereocenters. The van der Waals surface area contributed by atoms with Crippen molar-refractivity contribution >= 4 is 23.3 Å². The molecule has 0 saturated heterocycles. The second-order valence-corrected chi connectivity index (χ2v) is 6.89. The van der Waals surface area contributed by atoms with Crippen molar-refractivity contribution in [2.45, 2.75) is 32.7 Å². The van der Waals surface area contributed by atoms with Crippen molar-refractivity contribution in [1.29, 1.82) is 0 Å². The maximum Gasteiger partial charge on any atom is 0.356 e. The minimum atomic E-state index is -1.73. The van der Waals surface area contributed by atoms with E-state index in [1.807, 2.05) is 30.3 Å². The Hall–Kier alpha value is -3.49. The summed E-state index contributed by atoms with van der Waals surface area (Å²) in [6, 6.07) is 9.34. The summed E-state index contributed by atoms with van der Waals surface area (Å²) < 4.78 is 11.6. The molecular weight excluding hydrogens is 388 g/mol. The summed E-state index contributed by atoms with van der Waals surface area (Å²) in [7, 11) is 1.57. The fourth-order valence-corrected chi connectivity index (χ4v) is 3.41. The Morgan fingerprint density at radius 2 is 1.77 bits per heavy atom. The van der Waals surface area contributed by atoms with E-state index in [-0.39, 0.29) is 31.0 Å². The normalized spacial score (nSPS) is 17.7. The molecule has 1 aromatic carbocycles. The van der Waals surface area contributed by atoms with Gasteiger partial charge in [-0.05, 0) is 26.3 Å². The molecule has 0 aliphatic carbocycles. The Kier molecular flexibility index (Phi) is 6.00. The van der Waals surface area contributed by atoms with Crippen molar-refractivity contribution in [2.75, 3.05) is 25.3 Å². The minimum absolute atomic E-state index is 0.0763. The SMILES string of the molecule is CCOC(=O)C1=NN(C)c2cnn(Cc3ccccc3)c(=O)c2C1(C)C(=O)OCC. The first-order chi connectivity index (χ1) is 14.3. The van der Waals surface area contributed by atoms with Crippen LogP contribution in [0.3, 0.4) is 0 Å². The van der Waals surface area contributed by atoms with Crippen LogP contribution < -0.4 is 10.6 Å². The third kappa shape index (κ3) is 3.58. The van der Waals surface area contributed by atoms with E-state index in [1.165, 1.54) is 22.8 Å². The fourth-order valence-electron chi connectivity index (χ4n) is 3.41. The molecule has 1 aliphatic rings. The second kappa shape index (κ2) is 8.48. The van der Waals surface area contributed by atoms with Crippen molar-refractivity contribution in [3.8, 4) is 0 Å². The van der Waals surface area contributed by atoms with Crippen molar-refractivity contribution in [2.24, 2.45) is 5.10 Å². The van der Waals surface area contributed by atoms with E-state index in [2.05, 4.69) is 10.2 Å². The quantitative estimate of drug-likeness (QED) is 0.662. The van der Waals surface area contributed by atoms with Gasteiger partial charge in [0.15, 0.2) is 5.71 Å². The summed E-state index contributed by atoms with van der Waals surface area (Å²) in [5, 5.41) is 9.83. The summed E-state index contributed by atoms with van der Waals surface area (Å²) in [6.07, 6.45) is 1.46. The molecule has 2 aromatic rings. The minimum Gasteiger partial charge on any atom is -0.465 e. The molecular formula is C21H24N4O5. The van der Waals surface area contributed by atoms with Crippen LogP contribution in [0.25, 0.3) is 0 Å². The molecule has 9 nitrogen and oxygen atoms in total. The first kappa shape index (κ1) is 21.2. The van der Waals surface area contributed by atoms with Crippen molar-refractivity contribution in [1.82, 2.24) is 9.78 Å². The van der Waals surface area contributed by atoms with E-state index in [1.54, 1.807) is 20.9 Å². The lowest BCUT2D eigenvalue weighted by Crippen LogP contribution is -2.54. The van der Waals surface area contributed by atoms with Gasteiger partial charge in [-0.15, -0.1) is 0 Å². The first-order valence-electron chi connectivity index (χ1n) is 9.66. The standard InChI is InChI=1S/C21H24N4O5/c1-5-29-19(27)17-21(3,20(28)30-6-2)16-15(24(4)23-17)12-22-25(18(16)26)13-14-10-8-7-9-11-14/h7-12H,5-6,13H2,1-4H3. The Labute approximate surface area is 173 Å². The van der Waals surface area contributed by atoms with Gasteiger partial charge >= 0.3 is 11.9 Å². The van der Waals surface area contributed by atoms with Crippen LogP contribution in [0.4, 0.5) is 5.69 Å². The van der Waals surface area contributed by atoms with Crippen LogP contribution >= 0.6 is 0 Å². The molecule has 1 aromatic heterocycles. The van der Waals surface area contributed by atoms with Gasteiger partial charge < -0.3 is 9.47 Å². The molecule has 158 valence electrons. The lowest BCUT2D eigenvalue weighted by atomic mass is 9.76.